The van der Waals surface area contributed by atoms with E-state index in [9.17, 15) is 8.42 Å². The van der Waals surface area contributed by atoms with Crippen LogP contribution >= 0.6 is 0 Å². The maximum Gasteiger partial charge on any atom is 0.247 e. The maximum absolute atomic E-state index is 13.4. The molecule has 1 fully saturated rings. The summed E-state index contributed by atoms with van der Waals surface area (Å²) in [5, 5.41) is 0. The van der Waals surface area contributed by atoms with Crippen LogP contribution in [0, 0.1) is 0 Å². The van der Waals surface area contributed by atoms with Crippen molar-refractivity contribution >= 4 is 10.0 Å². The molecule has 0 atom stereocenters. The van der Waals surface area contributed by atoms with E-state index in [4.69, 9.17) is 14.2 Å². The minimum atomic E-state index is -3.62. The fourth-order valence-electron chi connectivity index (χ4n) is 3.97. The summed E-state index contributed by atoms with van der Waals surface area (Å²) >= 11 is 0. The van der Waals surface area contributed by atoms with Crippen molar-refractivity contribution in [2.24, 2.45) is 0 Å². The first-order chi connectivity index (χ1) is 12.0. The van der Waals surface area contributed by atoms with Gasteiger partial charge in [0.2, 0.25) is 22.6 Å². The number of fused-ring (bicyclic) bond motifs is 2. The standard InChI is InChI=1S/C17H24N2O5S/c1-18-9-6-12-13(10-18)14(22-2)15-16(24-11-23-15)17(12)25(20,21)19-7-4-3-5-8-19/h3-11H2,1-2H3. The molecule has 1 saturated heterocycles. The molecular formula is C17H24N2O5S. The van der Waals surface area contributed by atoms with E-state index in [2.05, 4.69) is 4.90 Å². The van der Waals surface area contributed by atoms with E-state index in [1.165, 1.54) is 0 Å². The molecule has 25 heavy (non-hydrogen) atoms. The second-order valence-electron chi connectivity index (χ2n) is 6.84. The Morgan fingerprint density at radius 1 is 1.00 bits per heavy atom. The van der Waals surface area contributed by atoms with Crippen molar-refractivity contribution in [3.05, 3.63) is 11.1 Å². The van der Waals surface area contributed by atoms with Gasteiger partial charge in [-0.1, -0.05) is 6.42 Å². The first-order valence-electron chi connectivity index (χ1n) is 8.74. The average Bonchev–Trinajstić information content (AvgIpc) is 3.09. The van der Waals surface area contributed by atoms with Crippen LogP contribution in [0.5, 0.6) is 17.2 Å². The fourth-order valence-corrected chi connectivity index (χ4v) is 5.89. The third-order valence-corrected chi connectivity index (χ3v) is 7.22. The lowest BCUT2D eigenvalue weighted by atomic mass is 9.97. The summed E-state index contributed by atoms with van der Waals surface area (Å²) in [6, 6.07) is 0. The van der Waals surface area contributed by atoms with E-state index < -0.39 is 10.0 Å². The van der Waals surface area contributed by atoms with E-state index in [-0.39, 0.29) is 6.79 Å². The van der Waals surface area contributed by atoms with Crippen molar-refractivity contribution in [1.82, 2.24) is 9.21 Å². The number of benzene rings is 1. The molecule has 0 radical (unpaired) electrons. The SMILES string of the molecule is COc1c2c(c(S(=O)(=O)N3CCCCC3)c3c1OCO3)CCN(C)C2. The topological polar surface area (TPSA) is 68.3 Å². The van der Waals surface area contributed by atoms with Gasteiger partial charge in [-0.25, -0.2) is 8.42 Å². The summed E-state index contributed by atoms with van der Waals surface area (Å²) in [5.74, 6) is 1.35. The zero-order valence-electron chi connectivity index (χ0n) is 14.7. The molecule has 138 valence electrons. The smallest absolute Gasteiger partial charge is 0.247 e. The van der Waals surface area contributed by atoms with Gasteiger partial charge in [-0.3, -0.25) is 0 Å². The Bertz CT molecular complexity index is 787. The lowest BCUT2D eigenvalue weighted by Gasteiger charge is -2.32. The number of hydrogen-bond acceptors (Lipinski definition) is 6. The highest BCUT2D eigenvalue weighted by Crippen LogP contribution is 2.51. The van der Waals surface area contributed by atoms with Gasteiger partial charge in [0.05, 0.1) is 7.11 Å². The number of sulfonamides is 1. The Balaban J connectivity index is 1.93. The molecule has 0 amide bonds. The highest BCUT2D eigenvalue weighted by molar-refractivity contribution is 7.89. The van der Waals surface area contributed by atoms with Gasteiger partial charge in [-0.05, 0) is 31.9 Å². The summed E-state index contributed by atoms with van der Waals surface area (Å²) in [6.07, 6.45) is 3.54. The Morgan fingerprint density at radius 2 is 1.72 bits per heavy atom. The van der Waals surface area contributed by atoms with Crippen LogP contribution in [-0.4, -0.2) is 58.2 Å². The van der Waals surface area contributed by atoms with Crippen LogP contribution in [-0.2, 0) is 23.0 Å². The lowest BCUT2D eigenvalue weighted by Crippen LogP contribution is -2.37. The van der Waals surface area contributed by atoms with Crippen LogP contribution in [0.4, 0.5) is 0 Å². The maximum atomic E-state index is 13.4. The van der Waals surface area contributed by atoms with Crippen LogP contribution in [0.3, 0.4) is 0 Å². The minimum Gasteiger partial charge on any atom is -0.492 e. The van der Waals surface area contributed by atoms with E-state index >= 15 is 0 Å². The molecule has 0 saturated carbocycles. The second kappa shape index (κ2) is 6.34. The van der Waals surface area contributed by atoms with E-state index in [1.54, 1.807) is 11.4 Å². The molecule has 1 aromatic carbocycles. The number of hydrogen-bond donors (Lipinski definition) is 0. The Hall–Kier alpha value is -1.51. The van der Waals surface area contributed by atoms with Gasteiger partial charge in [0.15, 0.2) is 11.5 Å². The largest absolute Gasteiger partial charge is 0.492 e. The van der Waals surface area contributed by atoms with Crippen molar-refractivity contribution in [2.75, 3.05) is 40.6 Å². The molecule has 3 aliphatic rings. The van der Waals surface area contributed by atoms with Crippen LogP contribution in [0.1, 0.15) is 30.4 Å². The Morgan fingerprint density at radius 3 is 2.44 bits per heavy atom. The predicted octanol–water partition coefficient (Wildman–Crippen LogP) is 1.59. The Kier molecular flexibility index (Phi) is 4.29. The van der Waals surface area contributed by atoms with Gasteiger partial charge in [-0.15, -0.1) is 0 Å². The molecule has 0 spiro atoms. The molecule has 1 aromatic rings. The summed E-state index contributed by atoms with van der Waals surface area (Å²) in [5.41, 5.74) is 1.72. The van der Waals surface area contributed by atoms with E-state index in [0.717, 1.165) is 36.9 Å². The van der Waals surface area contributed by atoms with Crippen LogP contribution in [0.15, 0.2) is 4.90 Å². The van der Waals surface area contributed by atoms with Crippen LogP contribution < -0.4 is 14.2 Å². The molecule has 7 nitrogen and oxygen atoms in total. The van der Waals surface area contributed by atoms with Gasteiger partial charge < -0.3 is 19.1 Å². The molecule has 0 aliphatic carbocycles. The summed E-state index contributed by atoms with van der Waals surface area (Å²) in [6.45, 7) is 2.60. The zero-order chi connectivity index (χ0) is 17.6. The predicted molar refractivity (Wildman–Crippen MR) is 91.8 cm³/mol. The highest BCUT2D eigenvalue weighted by Gasteiger charge is 2.40. The molecule has 0 unspecified atom stereocenters. The van der Waals surface area contributed by atoms with Gasteiger partial charge in [0.25, 0.3) is 0 Å². The van der Waals surface area contributed by atoms with Crippen LogP contribution in [0.2, 0.25) is 0 Å². The molecule has 4 rings (SSSR count). The monoisotopic (exact) mass is 368 g/mol. The van der Waals surface area contributed by atoms with Crippen molar-refractivity contribution in [1.29, 1.82) is 0 Å². The molecule has 0 bridgehead atoms. The van der Waals surface area contributed by atoms with Crippen molar-refractivity contribution in [3.8, 4) is 17.2 Å². The number of likely N-dealkylation sites (N-methyl/N-ethyl adjacent to an activating group) is 1. The van der Waals surface area contributed by atoms with Gasteiger partial charge in [0, 0.05) is 31.7 Å². The molecule has 0 aromatic heterocycles. The number of rotatable bonds is 3. The second-order valence-corrected chi connectivity index (χ2v) is 8.71. The third kappa shape index (κ3) is 2.67. The van der Waals surface area contributed by atoms with Crippen molar-refractivity contribution < 1.29 is 22.6 Å². The van der Waals surface area contributed by atoms with E-state index in [1.807, 2.05) is 7.05 Å². The molecule has 8 heteroatoms. The highest BCUT2D eigenvalue weighted by atomic mass is 32.2. The summed E-state index contributed by atoms with van der Waals surface area (Å²) in [7, 11) is -0.00905. The van der Waals surface area contributed by atoms with Crippen LogP contribution in [0.25, 0.3) is 0 Å². The lowest BCUT2D eigenvalue weighted by molar-refractivity contribution is 0.169. The van der Waals surface area contributed by atoms with Gasteiger partial charge in [0.1, 0.15) is 4.90 Å². The fraction of sp³-hybridized carbons (Fsp3) is 0.647. The number of piperidine rings is 1. The zero-order valence-corrected chi connectivity index (χ0v) is 15.5. The number of methoxy groups -OCH3 is 1. The quantitative estimate of drug-likeness (QED) is 0.807. The third-order valence-electron chi connectivity index (χ3n) is 5.23. The van der Waals surface area contributed by atoms with Crippen molar-refractivity contribution in [3.63, 3.8) is 0 Å². The van der Waals surface area contributed by atoms with Crippen molar-refractivity contribution in [2.45, 2.75) is 37.1 Å². The Labute approximate surface area is 148 Å². The number of ether oxygens (including phenoxy) is 3. The molecular weight excluding hydrogens is 344 g/mol. The first-order valence-corrected chi connectivity index (χ1v) is 10.2. The number of nitrogens with zero attached hydrogens (tertiary/aromatic N) is 2. The minimum absolute atomic E-state index is 0.0208. The summed E-state index contributed by atoms with van der Waals surface area (Å²) < 4.78 is 45.3. The molecule has 0 N–H and O–H groups in total. The van der Waals surface area contributed by atoms with Gasteiger partial charge >= 0.3 is 0 Å². The van der Waals surface area contributed by atoms with Gasteiger partial charge in [-0.2, -0.15) is 4.31 Å². The molecule has 3 heterocycles. The average molecular weight is 368 g/mol. The molecule has 3 aliphatic heterocycles. The first kappa shape index (κ1) is 16.9. The summed E-state index contributed by atoms with van der Waals surface area (Å²) in [4.78, 5) is 2.45. The van der Waals surface area contributed by atoms with E-state index in [0.29, 0.717) is 48.2 Å². The normalized spacial score (nSPS) is 21.2.